The number of fused-ring (bicyclic) bond motifs is 1. The highest BCUT2D eigenvalue weighted by atomic mass is 35.5. The molecule has 0 N–H and O–H groups in total. The van der Waals surface area contributed by atoms with E-state index in [2.05, 4.69) is 16.0 Å². The monoisotopic (exact) mass is 371 g/mol. The van der Waals surface area contributed by atoms with E-state index >= 15 is 0 Å². The van der Waals surface area contributed by atoms with Crippen LogP contribution in [0.5, 0.6) is 11.8 Å². The quantitative estimate of drug-likeness (QED) is 0.616. The Morgan fingerprint density at radius 2 is 1.96 bits per heavy atom. The largest absolute Gasteiger partial charge is 0.477 e. The van der Waals surface area contributed by atoms with Crippen LogP contribution in [0.25, 0.3) is 10.8 Å². The van der Waals surface area contributed by atoms with Crippen LogP contribution in [-0.2, 0) is 5.75 Å². The van der Waals surface area contributed by atoms with Crippen molar-refractivity contribution in [1.29, 1.82) is 5.26 Å². The van der Waals surface area contributed by atoms with Crippen LogP contribution in [0.4, 0.5) is 0 Å². The van der Waals surface area contributed by atoms with E-state index in [0.29, 0.717) is 28.1 Å². The van der Waals surface area contributed by atoms with Gasteiger partial charge in [0.1, 0.15) is 6.07 Å². The maximum atomic E-state index is 9.05. The van der Waals surface area contributed by atoms with Crippen LogP contribution >= 0.6 is 23.4 Å². The number of nitrogens with zero attached hydrogens (tertiary/aromatic N) is 3. The Morgan fingerprint density at radius 1 is 1.16 bits per heavy atom. The zero-order valence-electron chi connectivity index (χ0n) is 13.6. The Labute approximate surface area is 154 Å². The van der Waals surface area contributed by atoms with Gasteiger partial charge in [-0.05, 0) is 23.6 Å². The lowest BCUT2D eigenvalue weighted by Crippen LogP contribution is -1.99. The molecule has 0 aliphatic carbocycles. The van der Waals surface area contributed by atoms with E-state index in [0.717, 1.165) is 21.4 Å². The molecule has 0 atom stereocenters. The summed E-state index contributed by atoms with van der Waals surface area (Å²) in [5.74, 6) is 1.38. The number of thioether (sulfide) groups is 1. The lowest BCUT2D eigenvalue weighted by molar-refractivity contribution is 0.330. The van der Waals surface area contributed by atoms with Crippen LogP contribution in [0.15, 0.2) is 41.4 Å². The van der Waals surface area contributed by atoms with Gasteiger partial charge in [-0.2, -0.15) is 5.26 Å². The third kappa shape index (κ3) is 3.63. The van der Waals surface area contributed by atoms with Crippen LogP contribution in [0.3, 0.4) is 0 Å². The Kier molecular flexibility index (Phi) is 5.27. The summed E-state index contributed by atoms with van der Waals surface area (Å²) in [6.45, 7) is 0. The lowest BCUT2D eigenvalue weighted by Gasteiger charge is -2.08. The SMILES string of the molecule is COc1ncc(CSc2ccc3c(Cl)c(C#N)ccc3c2)nc1OC. The maximum Gasteiger partial charge on any atom is 0.278 e. The second-order valence-corrected chi connectivity index (χ2v) is 6.52. The van der Waals surface area contributed by atoms with Crippen molar-refractivity contribution in [2.45, 2.75) is 10.6 Å². The van der Waals surface area contributed by atoms with Gasteiger partial charge in [-0.25, -0.2) is 9.97 Å². The molecule has 3 rings (SSSR count). The lowest BCUT2D eigenvalue weighted by atomic mass is 10.1. The number of methoxy groups -OCH3 is 2. The van der Waals surface area contributed by atoms with E-state index in [1.807, 2.05) is 24.3 Å². The summed E-state index contributed by atoms with van der Waals surface area (Å²) >= 11 is 7.89. The first-order valence-electron chi connectivity index (χ1n) is 7.35. The van der Waals surface area contributed by atoms with Gasteiger partial charge in [-0.1, -0.05) is 23.7 Å². The second kappa shape index (κ2) is 7.60. The number of aromatic nitrogens is 2. The Hall–Kier alpha value is -2.49. The number of nitriles is 1. The van der Waals surface area contributed by atoms with Gasteiger partial charge in [0.05, 0.1) is 36.7 Å². The van der Waals surface area contributed by atoms with Crippen molar-refractivity contribution in [2.75, 3.05) is 14.2 Å². The van der Waals surface area contributed by atoms with Gasteiger partial charge in [0.2, 0.25) is 0 Å². The first-order chi connectivity index (χ1) is 12.2. The van der Waals surface area contributed by atoms with Crippen molar-refractivity contribution in [3.63, 3.8) is 0 Å². The summed E-state index contributed by atoms with van der Waals surface area (Å²) in [6.07, 6.45) is 1.67. The number of ether oxygens (including phenoxy) is 2. The summed E-state index contributed by atoms with van der Waals surface area (Å²) < 4.78 is 10.3. The summed E-state index contributed by atoms with van der Waals surface area (Å²) in [4.78, 5) is 9.65. The normalized spacial score (nSPS) is 10.5. The number of halogens is 1. The smallest absolute Gasteiger partial charge is 0.278 e. The molecule has 1 heterocycles. The fourth-order valence-corrected chi connectivity index (χ4v) is 3.45. The molecule has 0 radical (unpaired) electrons. The van der Waals surface area contributed by atoms with Crippen LogP contribution in [0, 0.1) is 11.3 Å². The van der Waals surface area contributed by atoms with Gasteiger partial charge in [0, 0.05) is 16.0 Å². The Balaban J connectivity index is 1.81. The summed E-state index contributed by atoms with van der Waals surface area (Å²) in [6, 6.07) is 11.7. The van der Waals surface area contributed by atoms with E-state index in [-0.39, 0.29) is 0 Å². The minimum absolute atomic E-state index is 0.366. The highest BCUT2D eigenvalue weighted by Gasteiger charge is 2.10. The fraction of sp³-hybridized carbons (Fsp3) is 0.167. The molecule has 2 aromatic carbocycles. The molecular formula is C18H14ClN3O2S. The number of hydrogen-bond acceptors (Lipinski definition) is 6. The predicted octanol–water partition coefficient (Wildman–Crippen LogP) is 4.46. The molecule has 5 nitrogen and oxygen atoms in total. The molecule has 0 amide bonds. The minimum Gasteiger partial charge on any atom is -0.477 e. The molecule has 1 aromatic heterocycles. The minimum atomic E-state index is 0.366. The van der Waals surface area contributed by atoms with Crippen LogP contribution in [0.1, 0.15) is 11.3 Å². The molecule has 0 bridgehead atoms. The highest BCUT2D eigenvalue weighted by Crippen LogP contribution is 2.32. The zero-order chi connectivity index (χ0) is 17.8. The van der Waals surface area contributed by atoms with E-state index in [9.17, 15) is 0 Å². The van der Waals surface area contributed by atoms with Crippen molar-refractivity contribution >= 4 is 34.1 Å². The molecule has 7 heteroatoms. The molecule has 0 fully saturated rings. The third-order valence-corrected chi connectivity index (χ3v) is 5.01. The van der Waals surface area contributed by atoms with Crippen LogP contribution in [-0.4, -0.2) is 24.2 Å². The van der Waals surface area contributed by atoms with Gasteiger partial charge in [-0.3, -0.25) is 0 Å². The van der Waals surface area contributed by atoms with Gasteiger partial charge >= 0.3 is 0 Å². The summed E-state index contributed by atoms with van der Waals surface area (Å²) in [7, 11) is 3.06. The van der Waals surface area contributed by atoms with E-state index < -0.39 is 0 Å². The molecule has 0 spiro atoms. The number of rotatable bonds is 5. The Morgan fingerprint density at radius 3 is 2.68 bits per heavy atom. The molecule has 0 aliphatic heterocycles. The number of benzene rings is 2. The maximum absolute atomic E-state index is 9.05. The van der Waals surface area contributed by atoms with Gasteiger partial charge in [0.25, 0.3) is 11.8 Å². The first-order valence-corrected chi connectivity index (χ1v) is 8.71. The van der Waals surface area contributed by atoms with Crippen molar-refractivity contribution < 1.29 is 9.47 Å². The molecule has 0 saturated heterocycles. The predicted molar refractivity (Wildman–Crippen MR) is 98.4 cm³/mol. The first kappa shape index (κ1) is 17.3. The van der Waals surface area contributed by atoms with Crippen molar-refractivity contribution in [3.05, 3.63) is 52.8 Å². The molecular weight excluding hydrogens is 358 g/mol. The average Bonchev–Trinajstić information content (AvgIpc) is 2.66. The van der Waals surface area contributed by atoms with Crippen molar-refractivity contribution in [3.8, 4) is 17.8 Å². The zero-order valence-corrected chi connectivity index (χ0v) is 15.2. The van der Waals surface area contributed by atoms with E-state index in [1.165, 1.54) is 14.2 Å². The van der Waals surface area contributed by atoms with Gasteiger partial charge < -0.3 is 9.47 Å². The van der Waals surface area contributed by atoms with Gasteiger partial charge in [0.15, 0.2) is 0 Å². The Bertz CT molecular complexity index is 972. The molecule has 25 heavy (non-hydrogen) atoms. The molecule has 0 unspecified atom stereocenters. The molecule has 126 valence electrons. The molecule has 3 aromatic rings. The highest BCUT2D eigenvalue weighted by molar-refractivity contribution is 7.98. The standard InChI is InChI=1S/C18H14ClN3O2S/c1-23-17-18(24-2)22-13(9-21-17)10-25-14-5-6-15-11(7-14)3-4-12(8-20)16(15)19/h3-7,9H,10H2,1-2H3. The fourth-order valence-electron chi connectivity index (χ4n) is 2.34. The summed E-state index contributed by atoms with van der Waals surface area (Å²) in [5, 5.41) is 11.4. The van der Waals surface area contributed by atoms with E-state index in [1.54, 1.807) is 24.0 Å². The number of hydrogen-bond donors (Lipinski definition) is 0. The molecule has 0 aliphatic rings. The topological polar surface area (TPSA) is 68.0 Å². The summed E-state index contributed by atoms with van der Waals surface area (Å²) in [5.41, 5.74) is 1.27. The van der Waals surface area contributed by atoms with Crippen molar-refractivity contribution in [1.82, 2.24) is 9.97 Å². The third-order valence-electron chi connectivity index (χ3n) is 3.58. The average molecular weight is 372 g/mol. The van der Waals surface area contributed by atoms with Crippen LogP contribution < -0.4 is 9.47 Å². The van der Waals surface area contributed by atoms with Crippen LogP contribution in [0.2, 0.25) is 5.02 Å². The van der Waals surface area contributed by atoms with Crippen molar-refractivity contribution in [2.24, 2.45) is 0 Å². The second-order valence-electron chi connectivity index (χ2n) is 5.09. The van der Waals surface area contributed by atoms with E-state index in [4.69, 9.17) is 26.3 Å². The van der Waals surface area contributed by atoms with Gasteiger partial charge in [-0.15, -0.1) is 11.8 Å². The molecule has 0 saturated carbocycles.